The number of carbonyl (C=O) groups is 2. The molecule has 0 saturated heterocycles. The van der Waals surface area contributed by atoms with Gasteiger partial charge >= 0.3 is 5.97 Å². The van der Waals surface area contributed by atoms with E-state index in [2.05, 4.69) is 10.1 Å². The van der Waals surface area contributed by atoms with Crippen LogP contribution in [0.4, 0.5) is 0 Å². The first-order valence-corrected chi connectivity index (χ1v) is 6.09. The highest BCUT2D eigenvalue weighted by molar-refractivity contribution is 5.89. The third-order valence-electron chi connectivity index (χ3n) is 2.39. The molecule has 0 radical (unpaired) electrons. The fourth-order valence-electron chi connectivity index (χ4n) is 1.45. The second kappa shape index (κ2) is 6.78. The molecule has 5 heteroatoms. The lowest BCUT2D eigenvalue weighted by Gasteiger charge is -2.16. The SMILES string of the molecule is COC(=O)c1ccc(OC(C)C(=O)NC(C)C)cc1. The van der Waals surface area contributed by atoms with E-state index in [1.165, 1.54) is 7.11 Å². The van der Waals surface area contributed by atoms with Crippen LogP contribution >= 0.6 is 0 Å². The van der Waals surface area contributed by atoms with Crippen molar-refractivity contribution < 1.29 is 19.1 Å². The Bertz CT molecular complexity index is 439. The van der Waals surface area contributed by atoms with Crippen molar-refractivity contribution in [2.24, 2.45) is 0 Å². The summed E-state index contributed by atoms with van der Waals surface area (Å²) in [5, 5.41) is 2.76. The number of methoxy groups -OCH3 is 1. The first kappa shape index (κ1) is 15.0. The Kier molecular flexibility index (Phi) is 5.36. The molecule has 0 spiro atoms. The Morgan fingerprint density at radius 2 is 1.68 bits per heavy atom. The van der Waals surface area contributed by atoms with E-state index in [1.807, 2.05) is 13.8 Å². The molecule has 0 aliphatic carbocycles. The molecular formula is C14H19NO4. The molecule has 19 heavy (non-hydrogen) atoms. The minimum absolute atomic E-state index is 0.0697. The van der Waals surface area contributed by atoms with Crippen LogP contribution in [0.2, 0.25) is 0 Å². The maximum absolute atomic E-state index is 11.7. The number of esters is 1. The molecule has 1 unspecified atom stereocenters. The predicted octanol–water partition coefficient (Wildman–Crippen LogP) is 1.77. The number of amides is 1. The van der Waals surface area contributed by atoms with Gasteiger partial charge in [0.05, 0.1) is 12.7 Å². The van der Waals surface area contributed by atoms with Crippen LogP contribution < -0.4 is 10.1 Å². The number of ether oxygens (including phenoxy) is 2. The minimum Gasteiger partial charge on any atom is -0.481 e. The molecule has 0 aliphatic rings. The lowest BCUT2D eigenvalue weighted by molar-refractivity contribution is -0.127. The van der Waals surface area contributed by atoms with Crippen molar-refractivity contribution in [2.75, 3.05) is 7.11 Å². The topological polar surface area (TPSA) is 64.6 Å². The molecule has 0 fully saturated rings. The normalized spacial score (nSPS) is 11.8. The summed E-state index contributed by atoms with van der Waals surface area (Å²) in [7, 11) is 1.32. The van der Waals surface area contributed by atoms with Crippen molar-refractivity contribution in [3.05, 3.63) is 29.8 Å². The molecule has 1 amide bonds. The lowest BCUT2D eigenvalue weighted by atomic mass is 10.2. The first-order chi connectivity index (χ1) is 8.93. The molecule has 1 aromatic carbocycles. The van der Waals surface area contributed by atoms with Crippen molar-refractivity contribution in [1.82, 2.24) is 5.32 Å². The van der Waals surface area contributed by atoms with Crippen LogP contribution in [0.25, 0.3) is 0 Å². The van der Waals surface area contributed by atoms with E-state index < -0.39 is 12.1 Å². The Morgan fingerprint density at radius 3 is 2.16 bits per heavy atom. The van der Waals surface area contributed by atoms with Gasteiger partial charge in [0, 0.05) is 6.04 Å². The van der Waals surface area contributed by atoms with Gasteiger partial charge in [0.1, 0.15) is 5.75 Å². The van der Waals surface area contributed by atoms with E-state index in [9.17, 15) is 9.59 Å². The maximum atomic E-state index is 11.7. The fourth-order valence-corrected chi connectivity index (χ4v) is 1.45. The summed E-state index contributed by atoms with van der Waals surface area (Å²) in [5.74, 6) is -0.0525. The summed E-state index contributed by atoms with van der Waals surface area (Å²) < 4.78 is 10.1. The number of carbonyl (C=O) groups excluding carboxylic acids is 2. The van der Waals surface area contributed by atoms with Crippen LogP contribution in [0.1, 0.15) is 31.1 Å². The third kappa shape index (κ3) is 4.62. The summed E-state index contributed by atoms with van der Waals surface area (Å²) >= 11 is 0. The average molecular weight is 265 g/mol. The van der Waals surface area contributed by atoms with E-state index in [-0.39, 0.29) is 11.9 Å². The van der Waals surface area contributed by atoms with Crippen LogP contribution in [0.3, 0.4) is 0 Å². The highest BCUT2D eigenvalue weighted by atomic mass is 16.5. The molecule has 0 heterocycles. The van der Waals surface area contributed by atoms with Gasteiger partial charge < -0.3 is 14.8 Å². The van der Waals surface area contributed by atoms with E-state index in [1.54, 1.807) is 31.2 Å². The zero-order chi connectivity index (χ0) is 14.4. The molecule has 0 aliphatic heterocycles. The van der Waals surface area contributed by atoms with Crippen LogP contribution in [0, 0.1) is 0 Å². The molecule has 104 valence electrons. The van der Waals surface area contributed by atoms with Gasteiger partial charge in [0.15, 0.2) is 6.10 Å². The van der Waals surface area contributed by atoms with Crippen LogP contribution in [0.5, 0.6) is 5.75 Å². The fraction of sp³-hybridized carbons (Fsp3) is 0.429. The van der Waals surface area contributed by atoms with Gasteiger partial charge in [0.25, 0.3) is 5.91 Å². The quantitative estimate of drug-likeness (QED) is 0.824. The maximum Gasteiger partial charge on any atom is 0.337 e. The van der Waals surface area contributed by atoms with Gasteiger partial charge in [-0.05, 0) is 45.0 Å². The zero-order valence-electron chi connectivity index (χ0n) is 11.6. The average Bonchev–Trinajstić information content (AvgIpc) is 2.37. The highest BCUT2D eigenvalue weighted by Crippen LogP contribution is 2.14. The Morgan fingerprint density at radius 1 is 1.11 bits per heavy atom. The molecule has 5 nitrogen and oxygen atoms in total. The summed E-state index contributed by atoms with van der Waals surface area (Å²) in [6.07, 6.45) is -0.591. The molecule has 1 rings (SSSR count). The predicted molar refractivity (Wildman–Crippen MR) is 71.2 cm³/mol. The van der Waals surface area contributed by atoms with Crippen molar-refractivity contribution >= 4 is 11.9 Å². The van der Waals surface area contributed by atoms with Crippen molar-refractivity contribution in [3.63, 3.8) is 0 Å². The molecule has 0 saturated carbocycles. The number of hydrogen-bond acceptors (Lipinski definition) is 4. The van der Waals surface area contributed by atoms with Crippen molar-refractivity contribution in [2.45, 2.75) is 32.9 Å². The van der Waals surface area contributed by atoms with Crippen LogP contribution in [-0.4, -0.2) is 31.1 Å². The summed E-state index contributed by atoms with van der Waals surface area (Å²) in [5.41, 5.74) is 0.439. The van der Waals surface area contributed by atoms with Gasteiger partial charge in [-0.15, -0.1) is 0 Å². The molecule has 1 atom stereocenters. The van der Waals surface area contributed by atoms with E-state index in [0.29, 0.717) is 11.3 Å². The lowest BCUT2D eigenvalue weighted by Crippen LogP contribution is -2.40. The summed E-state index contributed by atoms with van der Waals surface area (Å²) in [6, 6.07) is 6.51. The van der Waals surface area contributed by atoms with Gasteiger partial charge in [-0.1, -0.05) is 0 Å². The standard InChI is InChI=1S/C14H19NO4/c1-9(2)15-13(16)10(3)19-12-7-5-11(6-8-12)14(17)18-4/h5-10H,1-4H3,(H,15,16). The van der Waals surface area contributed by atoms with Crippen LogP contribution in [-0.2, 0) is 9.53 Å². The molecule has 0 aromatic heterocycles. The molecular weight excluding hydrogens is 246 g/mol. The number of benzene rings is 1. The van der Waals surface area contributed by atoms with Crippen LogP contribution in [0.15, 0.2) is 24.3 Å². The summed E-state index contributed by atoms with van der Waals surface area (Å²) in [4.78, 5) is 22.9. The smallest absolute Gasteiger partial charge is 0.337 e. The third-order valence-corrected chi connectivity index (χ3v) is 2.39. The summed E-state index contributed by atoms with van der Waals surface area (Å²) in [6.45, 7) is 5.44. The van der Waals surface area contributed by atoms with E-state index >= 15 is 0 Å². The first-order valence-electron chi connectivity index (χ1n) is 6.09. The second-order valence-electron chi connectivity index (χ2n) is 4.44. The van der Waals surface area contributed by atoms with Gasteiger partial charge in [-0.3, -0.25) is 4.79 Å². The van der Waals surface area contributed by atoms with Crippen molar-refractivity contribution in [3.8, 4) is 5.75 Å². The highest BCUT2D eigenvalue weighted by Gasteiger charge is 2.15. The van der Waals surface area contributed by atoms with Crippen molar-refractivity contribution in [1.29, 1.82) is 0 Å². The van der Waals surface area contributed by atoms with E-state index in [0.717, 1.165) is 0 Å². The molecule has 1 N–H and O–H groups in total. The zero-order valence-corrected chi connectivity index (χ0v) is 11.6. The monoisotopic (exact) mass is 265 g/mol. The van der Waals surface area contributed by atoms with Gasteiger partial charge in [-0.2, -0.15) is 0 Å². The van der Waals surface area contributed by atoms with E-state index in [4.69, 9.17) is 4.74 Å². The second-order valence-corrected chi connectivity index (χ2v) is 4.44. The Balaban J connectivity index is 2.62. The molecule has 1 aromatic rings. The molecule has 0 bridgehead atoms. The van der Waals surface area contributed by atoms with Gasteiger partial charge in [-0.25, -0.2) is 4.79 Å². The Hall–Kier alpha value is -2.04. The number of hydrogen-bond donors (Lipinski definition) is 1. The minimum atomic E-state index is -0.591. The largest absolute Gasteiger partial charge is 0.481 e. The number of nitrogens with one attached hydrogen (secondary N) is 1. The van der Waals surface area contributed by atoms with Gasteiger partial charge in [0.2, 0.25) is 0 Å². The Labute approximate surface area is 112 Å². The number of rotatable bonds is 5.